The summed E-state index contributed by atoms with van der Waals surface area (Å²) in [7, 11) is 1.25. The van der Waals surface area contributed by atoms with Crippen molar-refractivity contribution < 1.29 is 14.5 Å². The van der Waals surface area contributed by atoms with Crippen molar-refractivity contribution >= 4 is 11.7 Å². The molecule has 2 atom stereocenters. The van der Waals surface area contributed by atoms with E-state index in [1.807, 2.05) is 0 Å². The molecule has 2 unspecified atom stereocenters. The Morgan fingerprint density at radius 2 is 2.14 bits per heavy atom. The lowest BCUT2D eigenvalue weighted by Crippen LogP contribution is -2.39. The third-order valence-corrected chi connectivity index (χ3v) is 3.46. The van der Waals surface area contributed by atoms with E-state index in [0.717, 1.165) is 0 Å². The highest BCUT2D eigenvalue weighted by molar-refractivity contribution is 5.98. The number of pyridine rings is 1. The maximum absolute atomic E-state index is 12.0. The van der Waals surface area contributed by atoms with Gasteiger partial charge in [-0.05, 0) is 25.5 Å². The second-order valence-corrected chi connectivity index (χ2v) is 4.74. The van der Waals surface area contributed by atoms with E-state index in [1.54, 1.807) is 32.2 Å². The molecule has 0 spiro atoms. The Labute approximate surface area is 121 Å². The van der Waals surface area contributed by atoms with Crippen LogP contribution in [0.1, 0.15) is 25.3 Å². The molecule has 1 aromatic heterocycles. The molecule has 0 fully saturated rings. The number of methoxy groups -OCH3 is 1. The predicted molar refractivity (Wildman–Crippen MR) is 75.6 cm³/mol. The van der Waals surface area contributed by atoms with Crippen LogP contribution in [0.25, 0.3) is 0 Å². The maximum Gasteiger partial charge on any atom is 0.336 e. The number of ether oxygens (including phenoxy) is 1. The molecule has 0 aliphatic carbocycles. The zero-order chi connectivity index (χ0) is 15.6. The molecular weight excluding hydrogens is 274 g/mol. The number of nitrogens with zero attached hydrogens (tertiary/aromatic N) is 3. The molecule has 1 aliphatic heterocycles. The van der Waals surface area contributed by atoms with Crippen molar-refractivity contribution in [2.24, 2.45) is 4.99 Å². The second kappa shape index (κ2) is 5.82. The van der Waals surface area contributed by atoms with Gasteiger partial charge in [0.2, 0.25) is 0 Å². The van der Waals surface area contributed by atoms with Gasteiger partial charge in [-0.3, -0.25) is 20.1 Å². The number of hydrogen-bond acceptors (Lipinski definition) is 6. The van der Waals surface area contributed by atoms with Crippen molar-refractivity contribution in [1.29, 1.82) is 0 Å². The van der Waals surface area contributed by atoms with Crippen molar-refractivity contribution in [3.63, 3.8) is 0 Å². The molecule has 7 heteroatoms. The second-order valence-electron chi connectivity index (χ2n) is 4.74. The number of nitro groups is 1. The largest absolute Gasteiger partial charge is 0.466 e. The van der Waals surface area contributed by atoms with Crippen molar-refractivity contribution in [2.75, 3.05) is 7.11 Å². The lowest BCUT2D eigenvalue weighted by molar-refractivity contribution is -0.505. The standard InChI is InChI=1S/C14H15N3O4/c1-8-11(14(18)21-3)12(10-5-4-6-15-7-10)13(17(19)20)9(2)16-8/h4-7,12-13H,1-3H3. The van der Waals surface area contributed by atoms with E-state index in [1.165, 1.54) is 13.3 Å². The van der Waals surface area contributed by atoms with Crippen molar-refractivity contribution in [3.8, 4) is 0 Å². The van der Waals surface area contributed by atoms with Crippen molar-refractivity contribution in [2.45, 2.75) is 25.8 Å². The van der Waals surface area contributed by atoms with Gasteiger partial charge in [-0.2, -0.15) is 0 Å². The maximum atomic E-state index is 12.0. The molecule has 7 nitrogen and oxygen atoms in total. The van der Waals surface area contributed by atoms with E-state index in [2.05, 4.69) is 9.98 Å². The molecule has 0 N–H and O–H groups in total. The Hall–Kier alpha value is -2.57. The molecule has 0 radical (unpaired) electrons. The van der Waals surface area contributed by atoms with Crippen LogP contribution in [0, 0.1) is 10.1 Å². The normalized spacial score (nSPS) is 21.8. The first kappa shape index (κ1) is 14.8. The van der Waals surface area contributed by atoms with Crippen LogP contribution in [0.4, 0.5) is 0 Å². The summed E-state index contributed by atoms with van der Waals surface area (Å²) in [5, 5.41) is 11.4. The summed E-state index contributed by atoms with van der Waals surface area (Å²) in [5.74, 6) is -1.36. The van der Waals surface area contributed by atoms with Gasteiger partial charge in [0.05, 0.1) is 24.3 Å². The highest BCUT2D eigenvalue weighted by Gasteiger charge is 2.44. The lowest BCUT2D eigenvalue weighted by Gasteiger charge is -2.26. The third kappa shape index (κ3) is 2.67. The summed E-state index contributed by atoms with van der Waals surface area (Å²) in [5.41, 5.74) is 1.59. The van der Waals surface area contributed by atoms with Gasteiger partial charge in [0.25, 0.3) is 6.04 Å². The van der Waals surface area contributed by atoms with Gasteiger partial charge >= 0.3 is 5.97 Å². The van der Waals surface area contributed by atoms with Gasteiger partial charge in [0.15, 0.2) is 0 Å². The number of aromatic nitrogens is 1. The van der Waals surface area contributed by atoms with E-state index in [-0.39, 0.29) is 5.57 Å². The topological polar surface area (TPSA) is 94.7 Å². The van der Waals surface area contributed by atoms with E-state index in [0.29, 0.717) is 17.0 Å². The monoisotopic (exact) mass is 289 g/mol. The molecule has 0 aromatic carbocycles. The van der Waals surface area contributed by atoms with Crippen molar-refractivity contribution in [1.82, 2.24) is 4.98 Å². The highest BCUT2D eigenvalue weighted by atomic mass is 16.6. The van der Waals surface area contributed by atoms with E-state index < -0.39 is 22.9 Å². The minimum atomic E-state index is -1.10. The molecule has 2 heterocycles. The Balaban J connectivity index is 2.65. The third-order valence-electron chi connectivity index (χ3n) is 3.46. The fourth-order valence-electron chi connectivity index (χ4n) is 2.58. The minimum absolute atomic E-state index is 0.206. The van der Waals surface area contributed by atoms with Gasteiger partial charge < -0.3 is 4.74 Å². The molecule has 110 valence electrons. The summed E-state index contributed by atoms with van der Waals surface area (Å²) < 4.78 is 4.77. The number of esters is 1. The van der Waals surface area contributed by atoms with Crippen LogP contribution in [0.5, 0.6) is 0 Å². The average Bonchev–Trinajstić information content (AvgIpc) is 2.46. The van der Waals surface area contributed by atoms with Gasteiger partial charge in [0, 0.05) is 23.0 Å². The molecular formula is C14H15N3O4. The van der Waals surface area contributed by atoms with Crippen LogP contribution in [-0.4, -0.2) is 34.7 Å². The quantitative estimate of drug-likeness (QED) is 0.480. The number of carbonyl (C=O) groups is 1. The van der Waals surface area contributed by atoms with Crippen molar-refractivity contribution in [3.05, 3.63) is 51.5 Å². The van der Waals surface area contributed by atoms with Crippen LogP contribution in [0.3, 0.4) is 0 Å². The number of allylic oxidation sites excluding steroid dienone is 1. The fraction of sp³-hybridized carbons (Fsp3) is 0.357. The molecule has 1 aromatic rings. The van der Waals surface area contributed by atoms with E-state index >= 15 is 0 Å². The lowest BCUT2D eigenvalue weighted by atomic mass is 9.81. The molecule has 0 saturated heterocycles. The Morgan fingerprint density at radius 3 is 2.67 bits per heavy atom. The molecule has 1 aliphatic rings. The summed E-state index contributed by atoms with van der Waals surface area (Å²) in [6, 6.07) is 2.28. The van der Waals surface area contributed by atoms with Crippen LogP contribution < -0.4 is 0 Å². The smallest absolute Gasteiger partial charge is 0.336 e. The van der Waals surface area contributed by atoms with Gasteiger partial charge in [-0.15, -0.1) is 0 Å². The summed E-state index contributed by atoms with van der Waals surface area (Å²) in [6.07, 6.45) is 3.10. The van der Waals surface area contributed by atoms with Gasteiger partial charge in [-0.25, -0.2) is 4.79 Å². The number of hydrogen-bond donors (Lipinski definition) is 0. The number of carbonyl (C=O) groups excluding carboxylic acids is 1. The molecule has 21 heavy (non-hydrogen) atoms. The molecule has 2 rings (SSSR count). The van der Waals surface area contributed by atoms with E-state index in [9.17, 15) is 14.9 Å². The minimum Gasteiger partial charge on any atom is -0.466 e. The zero-order valence-electron chi connectivity index (χ0n) is 11.9. The molecule has 0 saturated carbocycles. The summed E-state index contributed by atoms with van der Waals surface area (Å²) in [4.78, 5) is 31.2. The Morgan fingerprint density at radius 1 is 1.43 bits per heavy atom. The van der Waals surface area contributed by atoms with Crippen LogP contribution >= 0.6 is 0 Å². The summed E-state index contributed by atoms with van der Waals surface area (Å²) >= 11 is 0. The van der Waals surface area contributed by atoms with E-state index in [4.69, 9.17) is 4.74 Å². The average molecular weight is 289 g/mol. The first-order valence-corrected chi connectivity index (χ1v) is 6.35. The first-order chi connectivity index (χ1) is 9.97. The number of aliphatic imine (C=N–C) groups is 1. The highest BCUT2D eigenvalue weighted by Crippen LogP contribution is 2.36. The first-order valence-electron chi connectivity index (χ1n) is 6.35. The zero-order valence-corrected chi connectivity index (χ0v) is 11.9. The van der Waals surface area contributed by atoms with Crippen LogP contribution in [-0.2, 0) is 9.53 Å². The predicted octanol–water partition coefficient (Wildman–Crippen LogP) is 1.73. The Kier molecular flexibility index (Phi) is 4.11. The Bertz CT molecular complexity index is 637. The van der Waals surface area contributed by atoms with Gasteiger partial charge in [-0.1, -0.05) is 6.07 Å². The molecule has 0 bridgehead atoms. The van der Waals surface area contributed by atoms with Crippen LogP contribution in [0.15, 0.2) is 40.8 Å². The summed E-state index contributed by atoms with van der Waals surface area (Å²) in [6.45, 7) is 3.24. The fourth-order valence-corrected chi connectivity index (χ4v) is 2.58. The number of rotatable bonds is 3. The van der Waals surface area contributed by atoms with Crippen LogP contribution in [0.2, 0.25) is 0 Å². The SMILES string of the molecule is COC(=O)C1=C(C)N=C(C)C([N+](=O)[O-])C1c1cccnc1. The molecule has 0 amide bonds. The van der Waals surface area contributed by atoms with Gasteiger partial charge in [0.1, 0.15) is 0 Å².